The standard InChI is InChI=1S/C14H16N2O3/c17-10-3-4-13(18)11(7-10)14(19)16-15-12-6-8-1-2-9(12)5-8/h3-4,7-9,17-18H,1-2,5-6H2,(H,16,19)/b15-12-/t8-,9+/m0/s1. The minimum atomic E-state index is -0.497. The molecule has 2 atom stereocenters. The van der Waals surface area contributed by atoms with E-state index in [0.29, 0.717) is 5.92 Å². The van der Waals surface area contributed by atoms with Gasteiger partial charge in [0.05, 0.1) is 5.56 Å². The summed E-state index contributed by atoms with van der Waals surface area (Å²) >= 11 is 0. The summed E-state index contributed by atoms with van der Waals surface area (Å²) in [5.41, 5.74) is 3.57. The van der Waals surface area contributed by atoms with E-state index in [1.54, 1.807) is 0 Å². The summed E-state index contributed by atoms with van der Waals surface area (Å²) in [5, 5.41) is 23.1. The molecule has 5 heteroatoms. The number of hydrogen-bond acceptors (Lipinski definition) is 4. The zero-order valence-electron chi connectivity index (χ0n) is 10.5. The van der Waals surface area contributed by atoms with Gasteiger partial charge in [-0.05, 0) is 55.7 Å². The topological polar surface area (TPSA) is 81.9 Å². The Morgan fingerprint density at radius 2 is 2.16 bits per heavy atom. The number of amides is 1. The van der Waals surface area contributed by atoms with E-state index in [9.17, 15) is 15.0 Å². The number of carbonyl (C=O) groups is 1. The van der Waals surface area contributed by atoms with Crippen LogP contribution >= 0.6 is 0 Å². The van der Waals surface area contributed by atoms with Crippen LogP contribution in [0.4, 0.5) is 0 Å². The highest BCUT2D eigenvalue weighted by atomic mass is 16.3. The van der Waals surface area contributed by atoms with Crippen LogP contribution in [0.2, 0.25) is 0 Å². The van der Waals surface area contributed by atoms with Gasteiger partial charge in [-0.3, -0.25) is 4.79 Å². The summed E-state index contributed by atoms with van der Waals surface area (Å²) in [6, 6.07) is 3.84. The van der Waals surface area contributed by atoms with Crippen molar-refractivity contribution in [3.8, 4) is 11.5 Å². The zero-order valence-corrected chi connectivity index (χ0v) is 10.5. The summed E-state index contributed by atoms with van der Waals surface area (Å²) in [4.78, 5) is 11.9. The molecule has 3 N–H and O–H groups in total. The first-order valence-electron chi connectivity index (χ1n) is 6.52. The summed E-state index contributed by atoms with van der Waals surface area (Å²) in [6.07, 6.45) is 4.59. The van der Waals surface area contributed by atoms with Gasteiger partial charge in [-0.2, -0.15) is 5.10 Å². The fourth-order valence-electron chi connectivity index (χ4n) is 3.05. The molecule has 0 spiro atoms. The van der Waals surface area contributed by atoms with E-state index in [1.165, 1.54) is 31.0 Å². The number of aromatic hydroxyl groups is 2. The third-order valence-corrected chi connectivity index (χ3v) is 4.04. The predicted molar refractivity (Wildman–Crippen MR) is 70.1 cm³/mol. The van der Waals surface area contributed by atoms with Gasteiger partial charge in [0, 0.05) is 5.71 Å². The number of hydrazone groups is 1. The van der Waals surface area contributed by atoms with Crippen molar-refractivity contribution in [3.05, 3.63) is 23.8 Å². The van der Waals surface area contributed by atoms with Gasteiger partial charge in [0.25, 0.3) is 5.91 Å². The summed E-state index contributed by atoms with van der Waals surface area (Å²) < 4.78 is 0. The molecule has 2 bridgehead atoms. The predicted octanol–water partition coefficient (Wildman–Crippen LogP) is 2.00. The van der Waals surface area contributed by atoms with Crippen LogP contribution in [0.5, 0.6) is 11.5 Å². The quantitative estimate of drug-likeness (QED) is 0.562. The second kappa shape index (κ2) is 4.57. The smallest absolute Gasteiger partial charge is 0.275 e. The molecule has 2 aliphatic carbocycles. The average Bonchev–Trinajstić information content (AvgIpc) is 3.01. The summed E-state index contributed by atoms with van der Waals surface area (Å²) in [6.45, 7) is 0. The minimum absolute atomic E-state index is 0.0347. The van der Waals surface area contributed by atoms with E-state index in [2.05, 4.69) is 10.5 Å². The third kappa shape index (κ3) is 2.28. The molecule has 1 aromatic rings. The molecule has 5 nitrogen and oxygen atoms in total. The molecule has 0 aromatic heterocycles. The molecule has 0 heterocycles. The number of phenols is 2. The van der Waals surface area contributed by atoms with E-state index in [1.807, 2.05) is 0 Å². The summed E-state index contributed by atoms with van der Waals surface area (Å²) in [7, 11) is 0. The van der Waals surface area contributed by atoms with Crippen molar-refractivity contribution >= 4 is 11.6 Å². The second-order valence-electron chi connectivity index (χ2n) is 5.33. The van der Waals surface area contributed by atoms with Crippen LogP contribution in [-0.4, -0.2) is 21.8 Å². The maximum absolute atomic E-state index is 11.9. The number of nitrogens with zero attached hydrogens (tertiary/aromatic N) is 1. The molecule has 2 aliphatic rings. The maximum Gasteiger partial charge on any atom is 0.275 e. The van der Waals surface area contributed by atoms with Gasteiger partial charge in [-0.15, -0.1) is 0 Å². The van der Waals surface area contributed by atoms with Crippen LogP contribution < -0.4 is 5.43 Å². The molecule has 0 saturated heterocycles. The van der Waals surface area contributed by atoms with Crippen LogP contribution in [0, 0.1) is 11.8 Å². The summed E-state index contributed by atoms with van der Waals surface area (Å²) in [5.74, 6) is 0.528. The van der Waals surface area contributed by atoms with Gasteiger partial charge in [0.2, 0.25) is 0 Å². The third-order valence-electron chi connectivity index (χ3n) is 4.04. The lowest BCUT2D eigenvalue weighted by Gasteiger charge is -2.12. The minimum Gasteiger partial charge on any atom is -0.508 e. The molecule has 100 valence electrons. The molecule has 0 radical (unpaired) electrons. The SMILES string of the molecule is O=C(N/N=C1/C[C@H]2CC[C@@H]1C2)c1cc(O)ccc1O. The first-order valence-corrected chi connectivity index (χ1v) is 6.52. The molecular weight excluding hydrogens is 244 g/mol. The van der Waals surface area contributed by atoms with Gasteiger partial charge in [-0.25, -0.2) is 5.43 Å². The fraction of sp³-hybridized carbons (Fsp3) is 0.429. The van der Waals surface area contributed by atoms with E-state index in [-0.39, 0.29) is 17.1 Å². The lowest BCUT2D eigenvalue weighted by atomic mass is 9.99. The Morgan fingerprint density at radius 3 is 2.84 bits per heavy atom. The van der Waals surface area contributed by atoms with Crippen molar-refractivity contribution in [1.29, 1.82) is 0 Å². The first kappa shape index (κ1) is 12.0. The zero-order chi connectivity index (χ0) is 13.4. The Morgan fingerprint density at radius 1 is 1.32 bits per heavy atom. The van der Waals surface area contributed by atoms with Crippen molar-refractivity contribution in [2.45, 2.75) is 25.7 Å². The fourth-order valence-corrected chi connectivity index (χ4v) is 3.05. The highest BCUT2D eigenvalue weighted by Crippen LogP contribution is 2.42. The number of carbonyl (C=O) groups excluding carboxylic acids is 1. The highest BCUT2D eigenvalue weighted by molar-refractivity contribution is 5.98. The van der Waals surface area contributed by atoms with Crippen molar-refractivity contribution < 1.29 is 15.0 Å². The second-order valence-corrected chi connectivity index (χ2v) is 5.33. The van der Waals surface area contributed by atoms with Crippen molar-refractivity contribution in [2.24, 2.45) is 16.9 Å². The molecule has 0 unspecified atom stereocenters. The first-order chi connectivity index (χ1) is 9.13. The molecule has 1 amide bonds. The Balaban J connectivity index is 1.72. The van der Waals surface area contributed by atoms with E-state index in [0.717, 1.165) is 24.5 Å². The van der Waals surface area contributed by atoms with Gasteiger partial charge in [0.1, 0.15) is 11.5 Å². The van der Waals surface area contributed by atoms with Gasteiger partial charge in [-0.1, -0.05) is 0 Å². The van der Waals surface area contributed by atoms with Crippen LogP contribution in [0.25, 0.3) is 0 Å². The number of nitrogens with one attached hydrogen (secondary N) is 1. The number of rotatable bonds is 2. The molecular formula is C14H16N2O3. The Hall–Kier alpha value is -2.04. The maximum atomic E-state index is 11.9. The van der Waals surface area contributed by atoms with Gasteiger partial charge >= 0.3 is 0 Å². The van der Waals surface area contributed by atoms with Crippen LogP contribution in [0.15, 0.2) is 23.3 Å². The van der Waals surface area contributed by atoms with Crippen molar-refractivity contribution in [2.75, 3.05) is 0 Å². The molecule has 1 aromatic carbocycles. The molecule has 19 heavy (non-hydrogen) atoms. The largest absolute Gasteiger partial charge is 0.508 e. The van der Waals surface area contributed by atoms with Gasteiger partial charge in [0.15, 0.2) is 0 Å². The Bertz CT molecular complexity index is 554. The van der Waals surface area contributed by atoms with E-state index < -0.39 is 5.91 Å². The van der Waals surface area contributed by atoms with Crippen molar-refractivity contribution in [3.63, 3.8) is 0 Å². The Labute approximate surface area is 111 Å². The average molecular weight is 260 g/mol. The monoisotopic (exact) mass is 260 g/mol. The molecule has 2 saturated carbocycles. The van der Waals surface area contributed by atoms with Crippen LogP contribution in [0.3, 0.4) is 0 Å². The molecule has 0 aliphatic heterocycles. The lowest BCUT2D eigenvalue weighted by Crippen LogP contribution is -2.22. The molecule has 2 fully saturated rings. The molecule has 3 rings (SSSR count). The van der Waals surface area contributed by atoms with E-state index >= 15 is 0 Å². The number of fused-ring (bicyclic) bond motifs is 2. The van der Waals surface area contributed by atoms with Gasteiger partial charge < -0.3 is 10.2 Å². The number of phenolic OH excluding ortho intramolecular Hbond substituents is 2. The normalized spacial score (nSPS) is 26.8. The number of hydrogen-bond donors (Lipinski definition) is 3. The van der Waals surface area contributed by atoms with Crippen LogP contribution in [0.1, 0.15) is 36.0 Å². The lowest BCUT2D eigenvalue weighted by molar-refractivity contribution is 0.0951. The van der Waals surface area contributed by atoms with E-state index in [4.69, 9.17) is 0 Å². The Kier molecular flexibility index (Phi) is 2.89. The van der Waals surface area contributed by atoms with Crippen LogP contribution in [-0.2, 0) is 0 Å². The number of benzene rings is 1. The van der Waals surface area contributed by atoms with Crippen molar-refractivity contribution in [1.82, 2.24) is 5.43 Å². The highest BCUT2D eigenvalue weighted by Gasteiger charge is 2.36.